The molecule has 10 heteroatoms. The molecule has 0 saturated heterocycles. The SMILES string of the molecule is CC[C@@H](C(=O)NCC(C)C)N(Cc1ccc(Cl)c(Cl)c1)C(=O)CCCN(C)S(=O)(=O)c1ccccc1. The fraction of sp³-hybridized carbons (Fsp3) is 0.462. The van der Waals surface area contributed by atoms with Gasteiger partial charge >= 0.3 is 0 Å². The van der Waals surface area contributed by atoms with Crippen LogP contribution in [0.2, 0.25) is 10.0 Å². The van der Waals surface area contributed by atoms with Crippen LogP contribution in [0.3, 0.4) is 0 Å². The van der Waals surface area contributed by atoms with E-state index in [1.54, 1.807) is 41.3 Å². The molecule has 0 aliphatic heterocycles. The molecule has 0 radical (unpaired) electrons. The number of halogens is 2. The van der Waals surface area contributed by atoms with Crippen molar-refractivity contribution in [3.63, 3.8) is 0 Å². The van der Waals surface area contributed by atoms with E-state index in [0.717, 1.165) is 5.56 Å². The van der Waals surface area contributed by atoms with Crippen molar-refractivity contribution in [3.8, 4) is 0 Å². The summed E-state index contributed by atoms with van der Waals surface area (Å²) < 4.78 is 26.8. The molecule has 0 aromatic heterocycles. The number of amides is 2. The third-order valence-electron chi connectivity index (χ3n) is 5.72. The number of hydrogen-bond donors (Lipinski definition) is 1. The number of hydrogen-bond acceptors (Lipinski definition) is 4. The molecule has 2 aromatic rings. The van der Waals surface area contributed by atoms with E-state index < -0.39 is 16.1 Å². The van der Waals surface area contributed by atoms with Gasteiger partial charge in [-0.25, -0.2) is 12.7 Å². The van der Waals surface area contributed by atoms with Gasteiger partial charge in [-0.05, 0) is 48.6 Å². The van der Waals surface area contributed by atoms with E-state index >= 15 is 0 Å². The van der Waals surface area contributed by atoms with Gasteiger partial charge in [0.15, 0.2) is 0 Å². The third kappa shape index (κ3) is 8.47. The molecule has 0 fully saturated rings. The maximum atomic E-state index is 13.4. The molecule has 0 aliphatic carbocycles. The number of benzene rings is 2. The minimum absolute atomic E-state index is 0.0872. The molecule has 7 nitrogen and oxygen atoms in total. The van der Waals surface area contributed by atoms with E-state index in [1.165, 1.54) is 23.5 Å². The predicted molar refractivity (Wildman–Crippen MR) is 144 cm³/mol. The summed E-state index contributed by atoms with van der Waals surface area (Å²) >= 11 is 12.2. The van der Waals surface area contributed by atoms with Gasteiger partial charge in [-0.15, -0.1) is 0 Å². The Kier molecular flexibility index (Phi) is 11.7. The summed E-state index contributed by atoms with van der Waals surface area (Å²) in [6, 6.07) is 12.6. The van der Waals surface area contributed by atoms with E-state index in [9.17, 15) is 18.0 Å². The van der Waals surface area contributed by atoms with E-state index in [-0.39, 0.29) is 42.1 Å². The first-order valence-corrected chi connectivity index (χ1v) is 14.2. The van der Waals surface area contributed by atoms with Crippen LogP contribution in [-0.4, -0.2) is 55.6 Å². The first-order valence-electron chi connectivity index (χ1n) is 12.0. The maximum absolute atomic E-state index is 13.4. The molecule has 0 bridgehead atoms. The Hall–Kier alpha value is -2.13. The maximum Gasteiger partial charge on any atom is 0.242 e. The molecule has 2 rings (SSSR count). The number of carbonyl (C=O) groups is 2. The van der Waals surface area contributed by atoms with Crippen LogP contribution in [0.25, 0.3) is 0 Å². The number of carbonyl (C=O) groups excluding carboxylic acids is 2. The largest absolute Gasteiger partial charge is 0.354 e. The predicted octanol–water partition coefficient (Wildman–Crippen LogP) is 4.97. The molecule has 2 amide bonds. The van der Waals surface area contributed by atoms with Crippen molar-refractivity contribution < 1.29 is 18.0 Å². The highest BCUT2D eigenvalue weighted by molar-refractivity contribution is 7.89. The van der Waals surface area contributed by atoms with Crippen LogP contribution < -0.4 is 5.32 Å². The fourth-order valence-electron chi connectivity index (χ4n) is 3.67. The Morgan fingerprint density at radius 2 is 1.69 bits per heavy atom. The summed E-state index contributed by atoms with van der Waals surface area (Å²) in [4.78, 5) is 28.1. The highest BCUT2D eigenvalue weighted by Crippen LogP contribution is 2.24. The zero-order valence-corrected chi connectivity index (χ0v) is 23.5. The molecule has 0 aliphatic rings. The second-order valence-electron chi connectivity index (χ2n) is 9.08. The lowest BCUT2D eigenvalue weighted by Crippen LogP contribution is -2.49. The van der Waals surface area contributed by atoms with Gasteiger partial charge < -0.3 is 10.2 Å². The topological polar surface area (TPSA) is 86.8 Å². The van der Waals surface area contributed by atoms with Crippen LogP contribution >= 0.6 is 23.2 Å². The molecular formula is C26H35Cl2N3O4S. The molecule has 0 unspecified atom stereocenters. The Morgan fingerprint density at radius 3 is 2.28 bits per heavy atom. The van der Waals surface area contributed by atoms with Crippen molar-refractivity contribution >= 4 is 45.0 Å². The molecule has 36 heavy (non-hydrogen) atoms. The molecular weight excluding hydrogens is 521 g/mol. The lowest BCUT2D eigenvalue weighted by molar-refractivity contribution is -0.141. The van der Waals surface area contributed by atoms with E-state index in [0.29, 0.717) is 29.4 Å². The van der Waals surface area contributed by atoms with Gasteiger partial charge in [0.1, 0.15) is 6.04 Å². The first kappa shape index (κ1) is 30.1. The summed E-state index contributed by atoms with van der Waals surface area (Å²) in [5.74, 6) is -0.186. The van der Waals surface area contributed by atoms with Gasteiger partial charge in [-0.1, -0.05) is 68.2 Å². The lowest BCUT2D eigenvalue weighted by Gasteiger charge is -2.31. The first-order chi connectivity index (χ1) is 17.0. The second-order valence-corrected chi connectivity index (χ2v) is 11.9. The van der Waals surface area contributed by atoms with Crippen molar-refractivity contribution in [2.24, 2.45) is 5.92 Å². The van der Waals surface area contributed by atoms with Gasteiger partial charge in [0.2, 0.25) is 21.8 Å². The van der Waals surface area contributed by atoms with Gasteiger partial charge in [0.25, 0.3) is 0 Å². The summed E-state index contributed by atoms with van der Waals surface area (Å²) in [5, 5.41) is 3.69. The van der Waals surface area contributed by atoms with Gasteiger partial charge in [-0.3, -0.25) is 9.59 Å². The highest BCUT2D eigenvalue weighted by atomic mass is 35.5. The smallest absolute Gasteiger partial charge is 0.242 e. The van der Waals surface area contributed by atoms with Crippen molar-refractivity contribution in [3.05, 3.63) is 64.1 Å². The molecule has 198 valence electrons. The average Bonchev–Trinajstić information content (AvgIpc) is 2.85. The third-order valence-corrected chi connectivity index (χ3v) is 8.33. The molecule has 2 aromatic carbocycles. The lowest BCUT2D eigenvalue weighted by atomic mass is 10.1. The molecule has 0 saturated carbocycles. The Labute approximate surface area is 224 Å². The summed E-state index contributed by atoms with van der Waals surface area (Å²) in [5.41, 5.74) is 0.747. The monoisotopic (exact) mass is 555 g/mol. The summed E-state index contributed by atoms with van der Waals surface area (Å²) in [6.45, 7) is 6.71. The summed E-state index contributed by atoms with van der Waals surface area (Å²) in [7, 11) is -2.15. The second kappa shape index (κ2) is 14.0. The zero-order valence-electron chi connectivity index (χ0n) is 21.2. The minimum Gasteiger partial charge on any atom is -0.354 e. The van der Waals surface area contributed by atoms with E-state index in [4.69, 9.17) is 23.2 Å². The number of nitrogens with one attached hydrogen (secondary N) is 1. The molecule has 1 N–H and O–H groups in total. The molecule has 0 spiro atoms. The van der Waals surface area contributed by atoms with Crippen LogP contribution in [0, 0.1) is 5.92 Å². The van der Waals surface area contributed by atoms with Crippen LogP contribution in [-0.2, 0) is 26.2 Å². The van der Waals surface area contributed by atoms with Crippen molar-refractivity contribution in [2.45, 2.75) is 57.5 Å². The van der Waals surface area contributed by atoms with Crippen LogP contribution in [0.4, 0.5) is 0 Å². The number of nitrogens with zero attached hydrogens (tertiary/aromatic N) is 2. The van der Waals surface area contributed by atoms with Crippen molar-refractivity contribution in [1.29, 1.82) is 0 Å². The fourth-order valence-corrected chi connectivity index (χ4v) is 5.22. The number of rotatable bonds is 13. The Bertz CT molecular complexity index is 1130. The minimum atomic E-state index is -3.65. The van der Waals surface area contributed by atoms with E-state index in [2.05, 4.69) is 5.32 Å². The van der Waals surface area contributed by atoms with Gasteiger partial charge in [-0.2, -0.15) is 0 Å². The Balaban J connectivity index is 2.15. The van der Waals surface area contributed by atoms with Crippen LogP contribution in [0.15, 0.2) is 53.4 Å². The van der Waals surface area contributed by atoms with E-state index in [1.807, 2.05) is 20.8 Å². The van der Waals surface area contributed by atoms with Gasteiger partial charge in [0, 0.05) is 33.1 Å². The van der Waals surface area contributed by atoms with Crippen molar-refractivity contribution in [2.75, 3.05) is 20.1 Å². The van der Waals surface area contributed by atoms with Crippen LogP contribution in [0.5, 0.6) is 0 Å². The van der Waals surface area contributed by atoms with Crippen LogP contribution in [0.1, 0.15) is 45.6 Å². The summed E-state index contributed by atoms with van der Waals surface area (Å²) in [6.07, 6.45) is 0.826. The average molecular weight is 557 g/mol. The quantitative estimate of drug-likeness (QED) is 0.377. The number of sulfonamides is 1. The normalized spacial score (nSPS) is 12.6. The van der Waals surface area contributed by atoms with Crippen molar-refractivity contribution in [1.82, 2.24) is 14.5 Å². The molecule has 1 atom stereocenters. The van der Waals surface area contributed by atoms with Gasteiger partial charge in [0.05, 0.1) is 14.9 Å². The molecule has 0 heterocycles. The Morgan fingerprint density at radius 1 is 1.03 bits per heavy atom. The standard InChI is InChI=1S/C26H35Cl2N3O4S/c1-5-24(26(33)29-17-19(2)3)31(18-20-13-14-22(27)23(28)16-20)25(32)12-9-15-30(4)36(34,35)21-10-7-6-8-11-21/h6-8,10-11,13-14,16,19,24H,5,9,12,15,17-18H2,1-4H3,(H,29,33)/t24-/m0/s1. The zero-order chi connectivity index (χ0) is 26.9. The highest BCUT2D eigenvalue weighted by Gasteiger charge is 2.29.